The summed E-state index contributed by atoms with van der Waals surface area (Å²) in [4.78, 5) is 10.7. The second-order valence-electron chi connectivity index (χ2n) is 4.15. The molecule has 0 atom stereocenters. The van der Waals surface area contributed by atoms with Crippen LogP contribution in [-0.2, 0) is 0 Å². The highest BCUT2D eigenvalue weighted by atomic mass is 19.1. The first-order valence-corrected chi connectivity index (χ1v) is 5.39. The number of piperidine rings is 1. The van der Waals surface area contributed by atoms with Gasteiger partial charge in [-0.3, -0.25) is 4.39 Å². The van der Waals surface area contributed by atoms with Crippen molar-refractivity contribution in [2.75, 3.05) is 24.7 Å². The highest BCUT2D eigenvalue weighted by Gasteiger charge is 2.20. The Morgan fingerprint density at radius 1 is 1.33 bits per heavy atom. The van der Waals surface area contributed by atoms with Crippen LogP contribution in [0.4, 0.5) is 10.3 Å². The molecule has 0 spiro atoms. The van der Waals surface area contributed by atoms with Crippen LogP contribution in [0.1, 0.15) is 18.4 Å². The Bertz CT molecular complexity index is 304. The lowest BCUT2D eigenvalue weighted by atomic mass is 9.99. The molecule has 0 unspecified atom stereocenters. The Kier molecular flexibility index (Phi) is 3.14. The molecule has 0 N–H and O–H groups in total. The highest BCUT2D eigenvalue weighted by molar-refractivity contribution is 5.30. The van der Waals surface area contributed by atoms with Gasteiger partial charge in [0.05, 0.1) is 6.67 Å². The Morgan fingerprint density at radius 3 is 2.47 bits per heavy atom. The van der Waals surface area contributed by atoms with Gasteiger partial charge in [-0.15, -0.1) is 0 Å². The van der Waals surface area contributed by atoms with E-state index in [-0.39, 0.29) is 12.6 Å². The summed E-state index contributed by atoms with van der Waals surface area (Å²) in [6.45, 7) is 3.52. The molecule has 0 aliphatic carbocycles. The molecule has 3 nitrogen and oxygen atoms in total. The minimum absolute atomic E-state index is 0.192. The largest absolute Gasteiger partial charge is 0.341 e. The molecule has 4 heteroatoms. The van der Waals surface area contributed by atoms with Crippen molar-refractivity contribution in [1.29, 1.82) is 0 Å². The van der Waals surface area contributed by atoms with Crippen molar-refractivity contribution in [3.63, 3.8) is 0 Å². The van der Waals surface area contributed by atoms with Gasteiger partial charge >= 0.3 is 0 Å². The third-order valence-electron chi connectivity index (χ3n) is 2.88. The summed E-state index contributed by atoms with van der Waals surface area (Å²) in [5, 5.41) is 0. The number of aromatic nitrogens is 2. The van der Waals surface area contributed by atoms with Crippen molar-refractivity contribution in [2.24, 2.45) is 5.92 Å². The molecular weight excluding hydrogens is 193 g/mol. The van der Waals surface area contributed by atoms with E-state index in [4.69, 9.17) is 0 Å². The molecule has 1 aromatic rings. The van der Waals surface area contributed by atoms with Crippen LogP contribution >= 0.6 is 0 Å². The van der Waals surface area contributed by atoms with Crippen LogP contribution < -0.4 is 4.90 Å². The van der Waals surface area contributed by atoms with Crippen LogP contribution in [0.25, 0.3) is 0 Å². The van der Waals surface area contributed by atoms with Gasteiger partial charge in [-0.1, -0.05) is 0 Å². The molecule has 82 valence electrons. The summed E-state index contributed by atoms with van der Waals surface area (Å²) in [5.74, 6) is 1.02. The Morgan fingerprint density at radius 2 is 1.93 bits per heavy atom. The zero-order chi connectivity index (χ0) is 10.7. The molecule has 2 rings (SSSR count). The van der Waals surface area contributed by atoms with E-state index >= 15 is 0 Å². The Balaban J connectivity index is 1.98. The third kappa shape index (κ3) is 2.43. The second-order valence-corrected chi connectivity index (χ2v) is 4.15. The van der Waals surface area contributed by atoms with Gasteiger partial charge in [0.15, 0.2) is 0 Å². The van der Waals surface area contributed by atoms with Crippen molar-refractivity contribution < 1.29 is 4.39 Å². The molecule has 1 saturated heterocycles. The van der Waals surface area contributed by atoms with Gasteiger partial charge in [0.1, 0.15) is 0 Å². The predicted molar refractivity (Wildman–Crippen MR) is 57.7 cm³/mol. The van der Waals surface area contributed by atoms with Gasteiger partial charge in [-0.05, 0) is 31.2 Å². The fourth-order valence-corrected chi connectivity index (χ4v) is 1.84. The molecule has 1 aliphatic rings. The van der Waals surface area contributed by atoms with E-state index in [0.29, 0.717) is 0 Å². The maximum Gasteiger partial charge on any atom is 0.225 e. The standard InChI is InChI=1S/C11H16FN3/c1-9-7-13-11(14-8-9)15-4-2-10(6-12)3-5-15/h7-8,10H,2-6H2,1H3. The number of alkyl halides is 1. The summed E-state index contributed by atoms with van der Waals surface area (Å²) < 4.78 is 12.4. The average Bonchev–Trinajstić information content (AvgIpc) is 2.30. The van der Waals surface area contributed by atoms with Gasteiger partial charge < -0.3 is 4.90 Å². The predicted octanol–water partition coefficient (Wildman–Crippen LogP) is 1.97. The monoisotopic (exact) mass is 209 g/mol. The van der Waals surface area contributed by atoms with Crippen molar-refractivity contribution in [1.82, 2.24) is 9.97 Å². The lowest BCUT2D eigenvalue weighted by molar-refractivity contribution is 0.306. The molecule has 0 bridgehead atoms. The van der Waals surface area contributed by atoms with Gasteiger partial charge in [-0.2, -0.15) is 0 Å². The van der Waals surface area contributed by atoms with Crippen LogP contribution in [0.3, 0.4) is 0 Å². The first-order valence-electron chi connectivity index (χ1n) is 5.39. The number of nitrogens with zero attached hydrogens (tertiary/aromatic N) is 3. The van der Waals surface area contributed by atoms with E-state index in [1.807, 2.05) is 19.3 Å². The summed E-state index contributed by atoms with van der Waals surface area (Å²) >= 11 is 0. The van der Waals surface area contributed by atoms with E-state index in [9.17, 15) is 4.39 Å². The molecule has 0 saturated carbocycles. The van der Waals surface area contributed by atoms with Gasteiger partial charge in [0.25, 0.3) is 0 Å². The molecule has 1 fully saturated rings. The smallest absolute Gasteiger partial charge is 0.225 e. The quantitative estimate of drug-likeness (QED) is 0.745. The maximum absolute atomic E-state index is 12.4. The number of halogens is 1. The summed E-state index contributed by atoms with van der Waals surface area (Å²) in [6, 6.07) is 0. The number of hydrogen-bond donors (Lipinski definition) is 0. The van der Waals surface area contributed by atoms with Crippen molar-refractivity contribution in [3.05, 3.63) is 18.0 Å². The molecule has 15 heavy (non-hydrogen) atoms. The highest BCUT2D eigenvalue weighted by Crippen LogP contribution is 2.20. The number of anilines is 1. The van der Waals surface area contributed by atoms with E-state index in [2.05, 4.69) is 14.9 Å². The summed E-state index contributed by atoms with van der Waals surface area (Å²) in [5.41, 5.74) is 1.07. The molecule has 1 aliphatic heterocycles. The van der Waals surface area contributed by atoms with E-state index in [1.54, 1.807) is 0 Å². The van der Waals surface area contributed by atoms with E-state index in [0.717, 1.165) is 37.4 Å². The minimum atomic E-state index is -0.192. The minimum Gasteiger partial charge on any atom is -0.341 e. The fourth-order valence-electron chi connectivity index (χ4n) is 1.84. The first-order chi connectivity index (χ1) is 7.29. The Hall–Kier alpha value is -1.19. The molecule has 1 aromatic heterocycles. The number of aryl methyl sites for hydroxylation is 1. The van der Waals surface area contributed by atoms with Gasteiger partial charge in [-0.25, -0.2) is 9.97 Å². The lowest BCUT2D eigenvalue weighted by Crippen LogP contribution is -2.35. The molecule has 0 amide bonds. The van der Waals surface area contributed by atoms with E-state index < -0.39 is 0 Å². The number of hydrogen-bond acceptors (Lipinski definition) is 3. The normalized spacial score (nSPS) is 18.1. The topological polar surface area (TPSA) is 29.0 Å². The number of rotatable bonds is 2. The fraction of sp³-hybridized carbons (Fsp3) is 0.636. The summed E-state index contributed by atoms with van der Waals surface area (Å²) in [7, 11) is 0. The van der Waals surface area contributed by atoms with Crippen LogP contribution in [0, 0.1) is 12.8 Å². The van der Waals surface area contributed by atoms with Crippen molar-refractivity contribution >= 4 is 5.95 Å². The van der Waals surface area contributed by atoms with Crippen molar-refractivity contribution in [2.45, 2.75) is 19.8 Å². The third-order valence-corrected chi connectivity index (χ3v) is 2.88. The molecule has 0 aromatic carbocycles. The summed E-state index contributed by atoms with van der Waals surface area (Å²) in [6.07, 6.45) is 5.47. The van der Waals surface area contributed by atoms with Crippen LogP contribution in [0.2, 0.25) is 0 Å². The van der Waals surface area contributed by atoms with Gasteiger partial charge in [0.2, 0.25) is 5.95 Å². The first kappa shape index (κ1) is 10.3. The average molecular weight is 209 g/mol. The Labute approximate surface area is 89.3 Å². The zero-order valence-electron chi connectivity index (χ0n) is 8.99. The lowest BCUT2D eigenvalue weighted by Gasteiger charge is -2.30. The van der Waals surface area contributed by atoms with Crippen LogP contribution in [0.15, 0.2) is 12.4 Å². The maximum atomic E-state index is 12.4. The van der Waals surface area contributed by atoms with Crippen LogP contribution in [-0.4, -0.2) is 29.7 Å². The SMILES string of the molecule is Cc1cnc(N2CCC(CF)CC2)nc1. The second kappa shape index (κ2) is 4.55. The molecule has 0 radical (unpaired) electrons. The van der Waals surface area contributed by atoms with E-state index in [1.165, 1.54) is 0 Å². The van der Waals surface area contributed by atoms with Crippen LogP contribution in [0.5, 0.6) is 0 Å². The zero-order valence-corrected chi connectivity index (χ0v) is 8.99. The van der Waals surface area contributed by atoms with Crippen molar-refractivity contribution in [3.8, 4) is 0 Å². The molecular formula is C11H16FN3. The van der Waals surface area contributed by atoms with Gasteiger partial charge in [0, 0.05) is 25.5 Å². The molecule has 2 heterocycles.